The summed E-state index contributed by atoms with van der Waals surface area (Å²) in [7, 11) is 0. The van der Waals surface area contributed by atoms with E-state index < -0.39 is 0 Å². The van der Waals surface area contributed by atoms with E-state index in [2.05, 4.69) is 10.2 Å². The van der Waals surface area contributed by atoms with Crippen molar-refractivity contribution in [2.24, 2.45) is 5.92 Å². The number of amides is 1. The zero-order valence-corrected chi connectivity index (χ0v) is 14.7. The normalized spacial score (nSPS) is 25.0. The van der Waals surface area contributed by atoms with E-state index in [-0.39, 0.29) is 5.91 Å². The van der Waals surface area contributed by atoms with Gasteiger partial charge in [-0.3, -0.25) is 9.69 Å². The highest BCUT2D eigenvalue weighted by molar-refractivity contribution is 6.33. The molecule has 0 unspecified atom stereocenters. The third kappa shape index (κ3) is 4.07. The summed E-state index contributed by atoms with van der Waals surface area (Å²) < 4.78 is 0. The van der Waals surface area contributed by atoms with Gasteiger partial charge in [-0.25, -0.2) is 0 Å². The van der Waals surface area contributed by atoms with E-state index in [1.807, 2.05) is 25.1 Å². The van der Waals surface area contributed by atoms with Gasteiger partial charge < -0.3 is 5.32 Å². The number of rotatable bonds is 4. The Morgan fingerprint density at radius 1 is 1.26 bits per heavy atom. The Balaban J connectivity index is 1.54. The maximum Gasteiger partial charge on any atom is 0.225 e. The molecule has 3 nitrogen and oxygen atoms in total. The Morgan fingerprint density at radius 2 is 2.04 bits per heavy atom. The van der Waals surface area contributed by atoms with Gasteiger partial charge in [0.25, 0.3) is 0 Å². The van der Waals surface area contributed by atoms with Gasteiger partial charge in [-0.1, -0.05) is 36.6 Å². The minimum Gasteiger partial charge on any atom is -0.325 e. The molecule has 1 aromatic rings. The number of halogens is 1. The summed E-state index contributed by atoms with van der Waals surface area (Å²) in [5.74, 6) is 0.936. The van der Waals surface area contributed by atoms with Crippen LogP contribution >= 0.6 is 11.6 Å². The predicted octanol–water partition coefficient (Wildman–Crippen LogP) is 4.63. The molecule has 1 saturated carbocycles. The van der Waals surface area contributed by atoms with Crippen molar-refractivity contribution in [3.63, 3.8) is 0 Å². The highest BCUT2D eigenvalue weighted by Gasteiger charge is 2.32. The Morgan fingerprint density at radius 3 is 2.87 bits per heavy atom. The summed E-state index contributed by atoms with van der Waals surface area (Å²) in [6.45, 7) is 3.99. The topological polar surface area (TPSA) is 32.3 Å². The van der Waals surface area contributed by atoms with Crippen LogP contribution in [0.4, 0.5) is 5.69 Å². The number of nitrogens with one attached hydrogen (secondary N) is 1. The molecule has 23 heavy (non-hydrogen) atoms. The van der Waals surface area contributed by atoms with Crippen LogP contribution in [0.3, 0.4) is 0 Å². The van der Waals surface area contributed by atoms with Gasteiger partial charge in [-0.15, -0.1) is 0 Å². The van der Waals surface area contributed by atoms with Crippen molar-refractivity contribution in [2.75, 3.05) is 18.4 Å². The molecule has 1 aliphatic heterocycles. The maximum atomic E-state index is 12.3. The second-order valence-corrected chi connectivity index (χ2v) is 7.43. The van der Waals surface area contributed by atoms with Crippen LogP contribution in [-0.4, -0.2) is 29.9 Å². The largest absolute Gasteiger partial charge is 0.325 e. The average molecular weight is 335 g/mol. The van der Waals surface area contributed by atoms with Crippen molar-refractivity contribution < 1.29 is 4.79 Å². The van der Waals surface area contributed by atoms with Crippen molar-refractivity contribution in [3.8, 4) is 0 Å². The van der Waals surface area contributed by atoms with Crippen LogP contribution in [0.1, 0.15) is 50.5 Å². The van der Waals surface area contributed by atoms with E-state index in [0.29, 0.717) is 17.5 Å². The molecular weight excluding hydrogens is 308 g/mol. The minimum atomic E-state index is 0.0686. The highest BCUT2D eigenvalue weighted by atomic mass is 35.5. The standard InChI is InChI=1S/C19H27ClN2O/c1-14-6-4-9-16(20)19(14)21-18(23)11-13-22-12-5-8-15-7-2-3-10-17(15)22/h4,6,9,15,17H,2-3,5,7-8,10-13H2,1H3,(H,21,23)/t15-,17+/m0/s1. The third-order valence-electron chi connectivity index (χ3n) is 5.47. The first-order valence-corrected chi connectivity index (χ1v) is 9.32. The molecule has 0 aromatic heterocycles. The van der Waals surface area contributed by atoms with Crippen LogP contribution in [0.15, 0.2) is 18.2 Å². The first kappa shape index (κ1) is 16.8. The molecule has 4 heteroatoms. The number of carbonyl (C=O) groups excluding carboxylic acids is 1. The molecular formula is C19H27ClN2O. The Bertz CT molecular complexity index is 538. The second kappa shape index (κ2) is 7.67. The summed E-state index contributed by atoms with van der Waals surface area (Å²) >= 11 is 6.19. The van der Waals surface area contributed by atoms with Crippen LogP contribution in [0.2, 0.25) is 5.02 Å². The quantitative estimate of drug-likeness (QED) is 0.870. The monoisotopic (exact) mass is 334 g/mol. The van der Waals surface area contributed by atoms with Crippen molar-refractivity contribution >= 4 is 23.2 Å². The van der Waals surface area contributed by atoms with Crippen LogP contribution in [-0.2, 0) is 4.79 Å². The molecule has 1 saturated heterocycles. The van der Waals surface area contributed by atoms with Crippen molar-refractivity contribution in [1.82, 2.24) is 4.90 Å². The number of nitrogens with zero attached hydrogens (tertiary/aromatic N) is 1. The molecule has 126 valence electrons. The van der Waals surface area contributed by atoms with Crippen molar-refractivity contribution in [2.45, 2.75) is 57.9 Å². The Labute approximate surface area is 144 Å². The fraction of sp³-hybridized carbons (Fsp3) is 0.632. The summed E-state index contributed by atoms with van der Waals surface area (Å²) in [6.07, 6.45) is 8.65. The van der Waals surface area contributed by atoms with Crippen molar-refractivity contribution in [3.05, 3.63) is 28.8 Å². The van der Waals surface area contributed by atoms with E-state index in [1.54, 1.807) is 0 Å². The zero-order chi connectivity index (χ0) is 16.2. The number of aryl methyl sites for hydroxylation is 1. The van der Waals surface area contributed by atoms with E-state index in [9.17, 15) is 4.79 Å². The summed E-state index contributed by atoms with van der Waals surface area (Å²) in [4.78, 5) is 14.9. The van der Waals surface area contributed by atoms with Gasteiger partial charge >= 0.3 is 0 Å². The molecule has 0 bridgehead atoms. The molecule has 3 rings (SSSR count). The first-order valence-electron chi connectivity index (χ1n) is 8.94. The van der Waals surface area contributed by atoms with Crippen LogP contribution in [0.25, 0.3) is 0 Å². The predicted molar refractivity (Wildman–Crippen MR) is 96.0 cm³/mol. The van der Waals surface area contributed by atoms with Gasteiger partial charge in [-0.2, -0.15) is 0 Å². The molecule has 2 aliphatic rings. The van der Waals surface area contributed by atoms with Crippen LogP contribution < -0.4 is 5.32 Å². The first-order chi connectivity index (χ1) is 11.1. The number of likely N-dealkylation sites (tertiary alicyclic amines) is 1. The second-order valence-electron chi connectivity index (χ2n) is 7.02. The van der Waals surface area contributed by atoms with Gasteiger partial charge in [-0.05, 0) is 56.7 Å². The average Bonchev–Trinajstić information content (AvgIpc) is 2.56. The Hall–Kier alpha value is -1.06. The molecule has 0 radical (unpaired) electrons. The van der Waals surface area contributed by atoms with Crippen LogP contribution in [0, 0.1) is 12.8 Å². The molecule has 2 fully saturated rings. The molecule has 1 heterocycles. The van der Waals surface area contributed by atoms with E-state index in [0.717, 1.165) is 30.3 Å². The molecule has 2 atom stereocenters. The van der Waals surface area contributed by atoms with Crippen LogP contribution in [0.5, 0.6) is 0 Å². The molecule has 1 amide bonds. The fourth-order valence-electron chi connectivity index (χ4n) is 4.24. The maximum absolute atomic E-state index is 12.3. The van der Waals surface area contributed by atoms with Gasteiger partial charge in [0, 0.05) is 19.0 Å². The zero-order valence-electron chi connectivity index (χ0n) is 14.0. The van der Waals surface area contributed by atoms with E-state index in [4.69, 9.17) is 11.6 Å². The summed E-state index contributed by atoms with van der Waals surface area (Å²) in [5.41, 5.74) is 1.77. The summed E-state index contributed by atoms with van der Waals surface area (Å²) in [6, 6.07) is 6.41. The molecule has 1 N–H and O–H groups in total. The smallest absolute Gasteiger partial charge is 0.225 e. The Kier molecular flexibility index (Phi) is 5.60. The number of hydrogen-bond acceptors (Lipinski definition) is 2. The van der Waals surface area contributed by atoms with Gasteiger partial charge in [0.05, 0.1) is 10.7 Å². The number of fused-ring (bicyclic) bond motifs is 1. The van der Waals surface area contributed by atoms with E-state index >= 15 is 0 Å². The van der Waals surface area contributed by atoms with Crippen molar-refractivity contribution in [1.29, 1.82) is 0 Å². The number of para-hydroxylation sites is 1. The van der Waals surface area contributed by atoms with E-state index in [1.165, 1.54) is 38.5 Å². The molecule has 0 spiro atoms. The number of benzene rings is 1. The van der Waals surface area contributed by atoms with Gasteiger partial charge in [0.1, 0.15) is 0 Å². The number of piperidine rings is 1. The summed E-state index contributed by atoms with van der Waals surface area (Å²) in [5, 5.41) is 3.61. The van der Waals surface area contributed by atoms with Gasteiger partial charge in [0.2, 0.25) is 5.91 Å². The lowest BCUT2D eigenvalue weighted by atomic mass is 9.78. The lowest BCUT2D eigenvalue weighted by Crippen LogP contribution is -2.47. The lowest BCUT2D eigenvalue weighted by molar-refractivity contribution is -0.116. The van der Waals surface area contributed by atoms with Gasteiger partial charge in [0.15, 0.2) is 0 Å². The molecule has 1 aliphatic carbocycles. The third-order valence-corrected chi connectivity index (χ3v) is 5.79. The minimum absolute atomic E-state index is 0.0686. The number of carbonyl (C=O) groups is 1. The number of anilines is 1. The lowest BCUT2D eigenvalue weighted by Gasteiger charge is -2.44. The molecule has 1 aromatic carbocycles. The number of hydrogen-bond donors (Lipinski definition) is 1. The SMILES string of the molecule is Cc1cccc(Cl)c1NC(=O)CCN1CCC[C@@H]2CCCC[C@H]21. The fourth-order valence-corrected chi connectivity index (χ4v) is 4.51. The highest BCUT2D eigenvalue weighted by Crippen LogP contribution is 2.35.